The van der Waals surface area contributed by atoms with Crippen molar-refractivity contribution in [3.05, 3.63) is 48.0 Å². The van der Waals surface area contributed by atoms with Gasteiger partial charge in [0.2, 0.25) is 5.91 Å². The van der Waals surface area contributed by atoms with Crippen LogP contribution in [0.5, 0.6) is 5.75 Å². The topological polar surface area (TPSA) is 38.3 Å². The van der Waals surface area contributed by atoms with E-state index in [0.717, 1.165) is 28.1 Å². The number of hydrogen-bond donors (Lipinski definition) is 1. The zero-order chi connectivity index (χ0) is 13.2. The Hall–Kier alpha value is -2.29. The minimum absolute atomic E-state index is 0.0604. The highest BCUT2D eigenvalue weighted by atomic mass is 16.5. The van der Waals surface area contributed by atoms with Crippen molar-refractivity contribution in [1.29, 1.82) is 0 Å². The van der Waals surface area contributed by atoms with Gasteiger partial charge in [-0.2, -0.15) is 0 Å². The van der Waals surface area contributed by atoms with Gasteiger partial charge >= 0.3 is 0 Å². The molecule has 0 saturated carbocycles. The lowest BCUT2D eigenvalue weighted by molar-refractivity contribution is -0.115. The quantitative estimate of drug-likeness (QED) is 0.911. The molecule has 1 aliphatic rings. The van der Waals surface area contributed by atoms with Crippen LogP contribution in [0.3, 0.4) is 0 Å². The van der Waals surface area contributed by atoms with Crippen LogP contribution < -0.4 is 10.1 Å². The average molecular weight is 253 g/mol. The SMILES string of the molecule is CCOc1ccccc1-c1ccc2c(c1)NC(=O)C2. The number of ether oxygens (including phenoxy) is 1. The molecule has 1 N–H and O–H groups in total. The number of benzene rings is 2. The Labute approximate surface area is 112 Å². The maximum absolute atomic E-state index is 11.4. The van der Waals surface area contributed by atoms with E-state index in [2.05, 4.69) is 5.32 Å². The molecular formula is C16H15NO2. The fourth-order valence-corrected chi connectivity index (χ4v) is 2.37. The van der Waals surface area contributed by atoms with E-state index in [1.807, 2.05) is 49.4 Å². The molecule has 3 rings (SSSR count). The Bertz CT molecular complexity index is 634. The first kappa shape index (κ1) is 11.8. The van der Waals surface area contributed by atoms with Gasteiger partial charge in [0.15, 0.2) is 0 Å². The number of carbonyl (C=O) groups is 1. The molecule has 0 spiro atoms. The maximum Gasteiger partial charge on any atom is 0.228 e. The zero-order valence-electron chi connectivity index (χ0n) is 10.8. The predicted molar refractivity (Wildman–Crippen MR) is 75.4 cm³/mol. The van der Waals surface area contributed by atoms with E-state index in [-0.39, 0.29) is 5.91 Å². The van der Waals surface area contributed by atoms with Crippen molar-refractivity contribution in [3.8, 4) is 16.9 Å². The Morgan fingerprint density at radius 2 is 2.05 bits per heavy atom. The van der Waals surface area contributed by atoms with Crippen LogP contribution in [0.15, 0.2) is 42.5 Å². The van der Waals surface area contributed by atoms with E-state index < -0.39 is 0 Å². The van der Waals surface area contributed by atoms with Crippen LogP contribution in [-0.2, 0) is 11.2 Å². The molecule has 1 amide bonds. The molecule has 19 heavy (non-hydrogen) atoms. The molecule has 1 aliphatic heterocycles. The lowest BCUT2D eigenvalue weighted by Gasteiger charge is -2.11. The van der Waals surface area contributed by atoms with Gasteiger partial charge in [0.1, 0.15) is 5.75 Å². The largest absolute Gasteiger partial charge is 0.493 e. The molecule has 0 bridgehead atoms. The summed E-state index contributed by atoms with van der Waals surface area (Å²) >= 11 is 0. The molecule has 0 atom stereocenters. The first-order valence-electron chi connectivity index (χ1n) is 6.43. The number of para-hydroxylation sites is 1. The van der Waals surface area contributed by atoms with Gasteiger partial charge < -0.3 is 10.1 Å². The van der Waals surface area contributed by atoms with Crippen LogP contribution >= 0.6 is 0 Å². The molecule has 0 saturated heterocycles. The number of carbonyl (C=O) groups excluding carboxylic acids is 1. The van der Waals surface area contributed by atoms with Crippen molar-refractivity contribution in [3.63, 3.8) is 0 Å². The van der Waals surface area contributed by atoms with Crippen LogP contribution in [-0.4, -0.2) is 12.5 Å². The Morgan fingerprint density at radius 3 is 2.89 bits per heavy atom. The molecule has 0 aromatic heterocycles. The Kier molecular flexibility index (Phi) is 2.95. The van der Waals surface area contributed by atoms with Gasteiger partial charge in [-0.1, -0.05) is 30.3 Å². The maximum atomic E-state index is 11.4. The monoisotopic (exact) mass is 253 g/mol. The Balaban J connectivity index is 2.04. The summed E-state index contributed by atoms with van der Waals surface area (Å²) < 4.78 is 5.64. The van der Waals surface area contributed by atoms with E-state index in [1.54, 1.807) is 0 Å². The lowest BCUT2D eigenvalue weighted by atomic mass is 10.0. The fraction of sp³-hybridized carbons (Fsp3) is 0.188. The molecular weight excluding hydrogens is 238 g/mol. The van der Waals surface area contributed by atoms with Crippen molar-refractivity contribution in [1.82, 2.24) is 0 Å². The third kappa shape index (κ3) is 2.19. The molecule has 3 nitrogen and oxygen atoms in total. The summed E-state index contributed by atoms with van der Waals surface area (Å²) in [6.45, 7) is 2.61. The number of hydrogen-bond acceptors (Lipinski definition) is 2. The second kappa shape index (κ2) is 4.76. The first-order valence-corrected chi connectivity index (χ1v) is 6.43. The summed E-state index contributed by atoms with van der Waals surface area (Å²) in [5, 5.41) is 2.88. The van der Waals surface area contributed by atoms with Crippen molar-refractivity contribution in [2.24, 2.45) is 0 Å². The summed E-state index contributed by atoms with van der Waals surface area (Å²) in [5.41, 5.74) is 4.08. The molecule has 1 heterocycles. The van der Waals surface area contributed by atoms with E-state index in [4.69, 9.17) is 4.74 Å². The van der Waals surface area contributed by atoms with Gasteiger partial charge in [0.25, 0.3) is 0 Å². The fourth-order valence-electron chi connectivity index (χ4n) is 2.37. The summed E-state index contributed by atoms with van der Waals surface area (Å²) in [7, 11) is 0. The van der Waals surface area contributed by atoms with Crippen LogP contribution in [0.1, 0.15) is 12.5 Å². The molecule has 0 radical (unpaired) electrons. The summed E-state index contributed by atoms with van der Waals surface area (Å²) in [5.74, 6) is 0.930. The normalized spacial score (nSPS) is 13.0. The molecule has 0 unspecified atom stereocenters. The number of nitrogens with one attached hydrogen (secondary N) is 1. The van der Waals surface area contributed by atoms with Gasteiger partial charge in [-0.3, -0.25) is 4.79 Å². The molecule has 2 aromatic carbocycles. The third-order valence-corrected chi connectivity index (χ3v) is 3.23. The van der Waals surface area contributed by atoms with Gasteiger partial charge in [0, 0.05) is 11.3 Å². The standard InChI is InChI=1S/C16H15NO2/c1-2-19-15-6-4-3-5-13(15)11-7-8-12-10-16(18)17-14(12)9-11/h3-9H,2,10H2,1H3,(H,17,18). The summed E-state index contributed by atoms with van der Waals surface area (Å²) in [6, 6.07) is 14.0. The van der Waals surface area contributed by atoms with Crippen molar-refractivity contribution < 1.29 is 9.53 Å². The van der Waals surface area contributed by atoms with Gasteiger partial charge in [-0.15, -0.1) is 0 Å². The lowest BCUT2D eigenvalue weighted by Crippen LogP contribution is -2.03. The third-order valence-electron chi connectivity index (χ3n) is 3.23. The number of fused-ring (bicyclic) bond motifs is 1. The first-order chi connectivity index (χ1) is 9.28. The van der Waals surface area contributed by atoms with Gasteiger partial charge in [-0.25, -0.2) is 0 Å². The van der Waals surface area contributed by atoms with E-state index >= 15 is 0 Å². The highest BCUT2D eigenvalue weighted by Crippen LogP contribution is 2.34. The van der Waals surface area contributed by atoms with E-state index in [1.165, 1.54) is 0 Å². The van der Waals surface area contributed by atoms with Gasteiger partial charge in [0.05, 0.1) is 13.0 Å². The number of anilines is 1. The minimum Gasteiger partial charge on any atom is -0.493 e. The molecule has 96 valence electrons. The average Bonchev–Trinajstić information content (AvgIpc) is 2.79. The van der Waals surface area contributed by atoms with Crippen LogP contribution in [0.25, 0.3) is 11.1 Å². The minimum atomic E-state index is 0.0604. The summed E-state index contributed by atoms with van der Waals surface area (Å²) in [4.78, 5) is 11.4. The Morgan fingerprint density at radius 1 is 1.21 bits per heavy atom. The second-order valence-electron chi connectivity index (χ2n) is 4.53. The molecule has 0 fully saturated rings. The van der Waals surface area contributed by atoms with Crippen LogP contribution in [0.2, 0.25) is 0 Å². The van der Waals surface area contributed by atoms with Crippen LogP contribution in [0, 0.1) is 0 Å². The van der Waals surface area contributed by atoms with Gasteiger partial charge in [-0.05, 0) is 30.2 Å². The summed E-state index contributed by atoms with van der Waals surface area (Å²) in [6.07, 6.45) is 0.475. The number of rotatable bonds is 3. The predicted octanol–water partition coefficient (Wildman–Crippen LogP) is 3.25. The smallest absolute Gasteiger partial charge is 0.228 e. The highest BCUT2D eigenvalue weighted by molar-refractivity contribution is 6.00. The molecule has 0 aliphatic carbocycles. The van der Waals surface area contributed by atoms with Crippen molar-refractivity contribution in [2.45, 2.75) is 13.3 Å². The van der Waals surface area contributed by atoms with Crippen LogP contribution in [0.4, 0.5) is 5.69 Å². The van der Waals surface area contributed by atoms with E-state index in [9.17, 15) is 4.79 Å². The van der Waals surface area contributed by atoms with Crippen molar-refractivity contribution in [2.75, 3.05) is 11.9 Å². The number of amides is 1. The highest BCUT2D eigenvalue weighted by Gasteiger charge is 2.18. The second-order valence-corrected chi connectivity index (χ2v) is 4.53. The molecule has 3 heteroatoms. The van der Waals surface area contributed by atoms with Crippen molar-refractivity contribution >= 4 is 11.6 Å². The van der Waals surface area contributed by atoms with E-state index in [0.29, 0.717) is 13.0 Å². The zero-order valence-corrected chi connectivity index (χ0v) is 10.8. The molecule has 2 aromatic rings.